The summed E-state index contributed by atoms with van der Waals surface area (Å²) in [5.74, 6) is 0.840. The lowest BCUT2D eigenvalue weighted by molar-refractivity contribution is 0.342. The summed E-state index contributed by atoms with van der Waals surface area (Å²) in [6.45, 7) is 1.10. The highest BCUT2D eigenvalue weighted by molar-refractivity contribution is 7.80. The van der Waals surface area contributed by atoms with Crippen molar-refractivity contribution in [2.75, 3.05) is 11.4 Å². The van der Waals surface area contributed by atoms with E-state index in [0.717, 1.165) is 23.7 Å². The first-order valence-corrected chi connectivity index (χ1v) is 7.82. The van der Waals surface area contributed by atoms with Gasteiger partial charge in [0, 0.05) is 18.3 Å². The van der Waals surface area contributed by atoms with Crippen LogP contribution in [0, 0.1) is 5.92 Å². The Balaban J connectivity index is 1.98. The maximum atomic E-state index is 6.28. The van der Waals surface area contributed by atoms with Crippen LogP contribution >= 0.6 is 23.8 Å². The second kappa shape index (κ2) is 5.29. The number of fused-ring (bicyclic) bond motifs is 1. The fourth-order valence-electron chi connectivity index (χ4n) is 3.70. The molecule has 0 spiro atoms. The number of nitrogens with two attached hydrogens (primary N) is 1. The van der Waals surface area contributed by atoms with Crippen molar-refractivity contribution in [2.24, 2.45) is 11.7 Å². The van der Waals surface area contributed by atoms with Gasteiger partial charge in [-0.3, -0.25) is 0 Å². The second-order valence-corrected chi connectivity index (χ2v) is 6.44. The highest BCUT2D eigenvalue weighted by atomic mass is 35.5. The highest BCUT2D eigenvalue weighted by Crippen LogP contribution is 2.40. The van der Waals surface area contributed by atoms with Gasteiger partial charge in [-0.25, -0.2) is 0 Å². The molecule has 0 radical (unpaired) electrons. The molecule has 0 bridgehead atoms. The third kappa shape index (κ3) is 2.34. The summed E-state index contributed by atoms with van der Waals surface area (Å²) in [6.07, 6.45) is 6.65. The Kier molecular flexibility index (Phi) is 3.68. The number of rotatable bonds is 2. The molecule has 1 aliphatic carbocycles. The zero-order valence-electron chi connectivity index (χ0n) is 10.9. The van der Waals surface area contributed by atoms with Gasteiger partial charge >= 0.3 is 0 Å². The molecule has 1 aromatic rings. The number of hydrogen-bond acceptors (Lipinski definition) is 2. The van der Waals surface area contributed by atoms with Gasteiger partial charge in [0.1, 0.15) is 4.99 Å². The summed E-state index contributed by atoms with van der Waals surface area (Å²) < 4.78 is 0. The van der Waals surface area contributed by atoms with Crippen LogP contribution in [0.4, 0.5) is 5.69 Å². The standard InChI is InChI=1S/C15H19ClN2S/c16-11-5-3-7-13(14(11)15(17)19)18-9-8-10-4-1-2-6-12(10)18/h3,5,7,10,12H,1-2,4,6,8-9H2,(H2,17,19). The molecule has 2 aliphatic rings. The van der Waals surface area contributed by atoms with Crippen LogP contribution in [0.2, 0.25) is 5.02 Å². The van der Waals surface area contributed by atoms with Crippen LogP contribution in [-0.4, -0.2) is 17.6 Å². The maximum absolute atomic E-state index is 6.28. The number of anilines is 1. The molecule has 2 nitrogen and oxygen atoms in total. The number of nitrogens with zero attached hydrogens (tertiary/aromatic N) is 1. The molecule has 19 heavy (non-hydrogen) atoms. The van der Waals surface area contributed by atoms with Gasteiger partial charge in [0.15, 0.2) is 0 Å². The summed E-state index contributed by atoms with van der Waals surface area (Å²) in [5.41, 5.74) is 7.86. The molecule has 1 saturated carbocycles. The topological polar surface area (TPSA) is 29.3 Å². The molecule has 1 saturated heterocycles. The highest BCUT2D eigenvalue weighted by Gasteiger charge is 2.36. The van der Waals surface area contributed by atoms with Crippen molar-refractivity contribution in [2.45, 2.75) is 38.1 Å². The maximum Gasteiger partial charge on any atom is 0.107 e. The van der Waals surface area contributed by atoms with Crippen molar-refractivity contribution in [3.05, 3.63) is 28.8 Å². The average molecular weight is 295 g/mol. The van der Waals surface area contributed by atoms with E-state index >= 15 is 0 Å². The van der Waals surface area contributed by atoms with Crippen LogP contribution in [0.3, 0.4) is 0 Å². The Hall–Kier alpha value is -0.800. The summed E-state index contributed by atoms with van der Waals surface area (Å²) in [7, 11) is 0. The number of thiocarbonyl (C=S) groups is 1. The third-order valence-corrected chi connectivity index (χ3v) is 5.08. The summed E-state index contributed by atoms with van der Waals surface area (Å²) in [6, 6.07) is 6.63. The quantitative estimate of drug-likeness (QED) is 0.843. The Morgan fingerprint density at radius 1 is 1.26 bits per heavy atom. The van der Waals surface area contributed by atoms with Gasteiger partial charge in [-0.15, -0.1) is 0 Å². The molecule has 1 aromatic carbocycles. The summed E-state index contributed by atoms with van der Waals surface area (Å²) >= 11 is 11.5. The van der Waals surface area contributed by atoms with Crippen molar-refractivity contribution in [3.8, 4) is 0 Å². The predicted molar refractivity (Wildman–Crippen MR) is 85.0 cm³/mol. The minimum Gasteiger partial charge on any atom is -0.389 e. The molecule has 2 atom stereocenters. The fraction of sp³-hybridized carbons (Fsp3) is 0.533. The molecule has 1 heterocycles. The van der Waals surface area contributed by atoms with Gasteiger partial charge in [0.2, 0.25) is 0 Å². The molecule has 3 rings (SSSR count). The lowest BCUT2D eigenvalue weighted by Crippen LogP contribution is -2.36. The van der Waals surface area contributed by atoms with Crippen molar-refractivity contribution in [1.82, 2.24) is 0 Å². The monoisotopic (exact) mass is 294 g/mol. The molecule has 102 valence electrons. The third-order valence-electron chi connectivity index (χ3n) is 4.56. The molecule has 0 aromatic heterocycles. The normalized spacial score (nSPS) is 26.3. The van der Waals surface area contributed by atoms with Crippen LogP contribution < -0.4 is 10.6 Å². The van der Waals surface area contributed by atoms with E-state index in [2.05, 4.69) is 11.0 Å². The van der Waals surface area contributed by atoms with Crippen LogP contribution in [0.25, 0.3) is 0 Å². The van der Waals surface area contributed by atoms with Crippen molar-refractivity contribution in [1.29, 1.82) is 0 Å². The van der Waals surface area contributed by atoms with Gasteiger partial charge in [-0.05, 0) is 37.3 Å². The molecule has 4 heteroatoms. The smallest absolute Gasteiger partial charge is 0.107 e. The van der Waals surface area contributed by atoms with Crippen molar-refractivity contribution >= 4 is 34.5 Å². The van der Waals surface area contributed by atoms with Crippen LogP contribution in [0.5, 0.6) is 0 Å². The Morgan fingerprint density at radius 2 is 2.05 bits per heavy atom. The SMILES string of the molecule is NC(=S)c1c(Cl)cccc1N1CCC2CCCCC21. The van der Waals surface area contributed by atoms with E-state index in [1.54, 1.807) is 0 Å². The Labute approximate surface area is 124 Å². The molecule has 2 fully saturated rings. The fourth-order valence-corrected chi connectivity index (χ4v) is 4.24. The summed E-state index contributed by atoms with van der Waals surface area (Å²) in [4.78, 5) is 2.89. The molecule has 2 N–H and O–H groups in total. The number of halogens is 1. The van der Waals surface area contributed by atoms with Crippen molar-refractivity contribution in [3.63, 3.8) is 0 Å². The average Bonchev–Trinajstić information content (AvgIpc) is 2.81. The van der Waals surface area contributed by atoms with E-state index < -0.39 is 0 Å². The van der Waals surface area contributed by atoms with Crippen LogP contribution in [0.1, 0.15) is 37.7 Å². The van der Waals surface area contributed by atoms with Crippen LogP contribution in [0.15, 0.2) is 18.2 Å². The first-order valence-electron chi connectivity index (χ1n) is 7.03. The Morgan fingerprint density at radius 3 is 2.84 bits per heavy atom. The minimum absolute atomic E-state index is 0.403. The van der Waals surface area contributed by atoms with E-state index in [9.17, 15) is 0 Å². The van der Waals surface area contributed by atoms with E-state index in [0.29, 0.717) is 16.1 Å². The number of hydrogen-bond donors (Lipinski definition) is 1. The molecule has 2 unspecified atom stereocenters. The molecule has 0 amide bonds. The lowest BCUT2D eigenvalue weighted by atomic mass is 9.85. The van der Waals surface area contributed by atoms with Gasteiger partial charge in [-0.1, -0.05) is 42.7 Å². The lowest BCUT2D eigenvalue weighted by Gasteiger charge is -2.34. The van der Waals surface area contributed by atoms with E-state index in [4.69, 9.17) is 29.6 Å². The van der Waals surface area contributed by atoms with Gasteiger partial charge in [-0.2, -0.15) is 0 Å². The summed E-state index contributed by atoms with van der Waals surface area (Å²) in [5, 5.41) is 0.671. The molecular formula is C15H19ClN2S. The second-order valence-electron chi connectivity index (χ2n) is 5.59. The first-order chi connectivity index (χ1) is 9.18. The minimum atomic E-state index is 0.403. The van der Waals surface area contributed by atoms with Gasteiger partial charge in [0.25, 0.3) is 0 Å². The van der Waals surface area contributed by atoms with E-state index in [1.807, 2.05) is 12.1 Å². The largest absolute Gasteiger partial charge is 0.389 e. The first kappa shape index (κ1) is 13.2. The van der Waals surface area contributed by atoms with Gasteiger partial charge in [0.05, 0.1) is 10.6 Å². The predicted octanol–water partition coefficient (Wildman–Crippen LogP) is 3.74. The zero-order valence-corrected chi connectivity index (χ0v) is 12.5. The Bertz CT molecular complexity index is 503. The van der Waals surface area contributed by atoms with E-state index in [1.165, 1.54) is 32.1 Å². The van der Waals surface area contributed by atoms with Gasteiger partial charge < -0.3 is 10.6 Å². The zero-order chi connectivity index (χ0) is 13.4. The molecular weight excluding hydrogens is 276 g/mol. The number of benzene rings is 1. The van der Waals surface area contributed by atoms with E-state index in [-0.39, 0.29) is 0 Å². The molecule has 1 aliphatic heterocycles. The van der Waals surface area contributed by atoms with Crippen molar-refractivity contribution < 1.29 is 0 Å². The van der Waals surface area contributed by atoms with Crippen LogP contribution in [-0.2, 0) is 0 Å².